The van der Waals surface area contributed by atoms with Crippen LogP contribution in [0.3, 0.4) is 0 Å². The van der Waals surface area contributed by atoms with E-state index in [1.807, 2.05) is 35.2 Å². The van der Waals surface area contributed by atoms with Crippen LogP contribution in [0.15, 0.2) is 65.8 Å². The first-order valence-electron chi connectivity index (χ1n) is 9.55. The first kappa shape index (κ1) is 19.5. The highest BCUT2D eigenvalue weighted by Crippen LogP contribution is 2.29. The Morgan fingerprint density at radius 2 is 1.83 bits per heavy atom. The minimum absolute atomic E-state index is 0.00158. The number of hydrogen-bond acceptors (Lipinski definition) is 6. The number of carbonyl (C=O) groups excluding carboxylic acids is 1. The monoisotopic (exact) mass is 404 g/mol. The van der Waals surface area contributed by atoms with E-state index in [2.05, 4.69) is 10.5 Å². The van der Waals surface area contributed by atoms with Crippen molar-refractivity contribution in [3.8, 4) is 0 Å². The van der Waals surface area contributed by atoms with E-state index in [1.54, 1.807) is 24.3 Å². The van der Waals surface area contributed by atoms with Gasteiger partial charge in [-0.2, -0.15) is 5.10 Å². The molecular weight excluding hydrogens is 384 g/mol. The third-order valence-corrected chi connectivity index (χ3v) is 4.94. The number of hydrazone groups is 1. The van der Waals surface area contributed by atoms with Crippen LogP contribution in [0.4, 0.5) is 11.4 Å². The summed E-state index contributed by atoms with van der Waals surface area (Å²) in [5.74, 6) is -0.351. The Kier molecular flexibility index (Phi) is 5.67. The van der Waals surface area contributed by atoms with Crippen molar-refractivity contribution in [3.05, 3.63) is 81.9 Å². The Labute approximate surface area is 172 Å². The van der Waals surface area contributed by atoms with Crippen molar-refractivity contribution in [2.75, 3.05) is 31.2 Å². The van der Waals surface area contributed by atoms with E-state index in [-0.39, 0.29) is 11.6 Å². The lowest BCUT2D eigenvalue weighted by Gasteiger charge is -2.28. The smallest absolute Gasteiger partial charge is 0.293 e. The Morgan fingerprint density at radius 1 is 1.07 bits per heavy atom. The van der Waals surface area contributed by atoms with Gasteiger partial charge in [-0.3, -0.25) is 14.9 Å². The summed E-state index contributed by atoms with van der Waals surface area (Å²) in [6.45, 7) is 2.30. The normalized spacial score (nSPS) is 14.2. The van der Waals surface area contributed by atoms with Crippen molar-refractivity contribution in [2.24, 2.45) is 5.10 Å². The lowest BCUT2D eigenvalue weighted by molar-refractivity contribution is -0.384. The number of hydrogen-bond donors (Lipinski definition) is 1. The molecule has 0 radical (unpaired) electrons. The Bertz CT molecular complexity index is 1120. The molecule has 0 aromatic heterocycles. The van der Waals surface area contributed by atoms with Crippen LogP contribution < -0.4 is 10.3 Å². The van der Waals surface area contributed by atoms with Crippen LogP contribution in [-0.4, -0.2) is 43.3 Å². The molecular formula is C22H20N4O4. The molecule has 3 aromatic carbocycles. The number of nitro benzene ring substituents is 1. The number of carbonyl (C=O) groups is 1. The first-order chi connectivity index (χ1) is 14.6. The number of morpholine rings is 1. The third kappa shape index (κ3) is 4.28. The van der Waals surface area contributed by atoms with Gasteiger partial charge in [0.05, 0.1) is 24.4 Å². The number of nitro groups is 1. The van der Waals surface area contributed by atoms with E-state index >= 15 is 0 Å². The molecule has 8 nitrogen and oxygen atoms in total. The third-order valence-electron chi connectivity index (χ3n) is 4.94. The van der Waals surface area contributed by atoms with Gasteiger partial charge in [-0.25, -0.2) is 5.43 Å². The zero-order valence-electron chi connectivity index (χ0n) is 16.2. The van der Waals surface area contributed by atoms with E-state index in [9.17, 15) is 14.9 Å². The summed E-state index contributed by atoms with van der Waals surface area (Å²) >= 11 is 0. The minimum Gasteiger partial charge on any atom is -0.378 e. The Balaban J connectivity index is 1.48. The summed E-state index contributed by atoms with van der Waals surface area (Å²) in [7, 11) is 0. The van der Waals surface area contributed by atoms with Crippen molar-refractivity contribution in [2.45, 2.75) is 0 Å². The van der Waals surface area contributed by atoms with Crippen LogP contribution in [0.25, 0.3) is 10.8 Å². The molecule has 1 N–H and O–H groups in total. The van der Waals surface area contributed by atoms with Gasteiger partial charge in [-0.05, 0) is 29.0 Å². The van der Waals surface area contributed by atoms with Crippen LogP contribution >= 0.6 is 0 Å². The molecule has 1 fully saturated rings. The molecule has 0 aliphatic carbocycles. The molecule has 152 valence electrons. The second kappa shape index (κ2) is 8.71. The maximum atomic E-state index is 12.4. The summed E-state index contributed by atoms with van der Waals surface area (Å²) < 4.78 is 5.31. The maximum absolute atomic E-state index is 12.4. The molecule has 1 heterocycles. The predicted octanol–water partition coefficient (Wildman–Crippen LogP) is 3.35. The van der Waals surface area contributed by atoms with Gasteiger partial charge in [0, 0.05) is 30.3 Å². The highest BCUT2D eigenvalue weighted by atomic mass is 16.6. The molecule has 8 heteroatoms. The van der Waals surface area contributed by atoms with Crippen molar-refractivity contribution in [1.29, 1.82) is 0 Å². The quantitative estimate of drug-likeness (QED) is 0.400. The highest BCUT2D eigenvalue weighted by molar-refractivity contribution is 5.99. The fourth-order valence-corrected chi connectivity index (χ4v) is 3.40. The molecule has 0 spiro atoms. The SMILES string of the molecule is O=C(N/N=C\c1ccc(N2CCOCC2)c([N+](=O)[O-])c1)c1ccc2ccccc2c1. The second-order valence-corrected chi connectivity index (χ2v) is 6.87. The molecule has 30 heavy (non-hydrogen) atoms. The van der Waals surface area contributed by atoms with E-state index in [1.165, 1.54) is 12.3 Å². The van der Waals surface area contributed by atoms with Crippen molar-refractivity contribution >= 4 is 34.3 Å². The first-order valence-corrected chi connectivity index (χ1v) is 9.55. The largest absolute Gasteiger partial charge is 0.378 e. The van der Waals surface area contributed by atoms with Crippen molar-refractivity contribution in [3.63, 3.8) is 0 Å². The van der Waals surface area contributed by atoms with E-state index in [0.717, 1.165) is 10.8 Å². The lowest BCUT2D eigenvalue weighted by Crippen LogP contribution is -2.36. The molecule has 4 rings (SSSR count). The highest BCUT2D eigenvalue weighted by Gasteiger charge is 2.21. The van der Waals surface area contributed by atoms with Gasteiger partial charge < -0.3 is 9.64 Å². The zero-order chi connectivity index (χ0) is 20.9. The fourth-order valence-electron chi connectivity index (χ4n) is 3.40. The summed E-state index contributed by atoms with van der Waals surface area (Å²) in [5.41, 5.74) is 4.04. The van der Waals surface area contributed by atoms with Gasteiger partial charge in [-0.1, -0.05) is 36.4 Å². The number of anilines is 1. The van der Waals surface area contributed by atoms with E-state index in [0.29, 0.717) is 43.1 Å². The molecule has 0 unspecified atom stereocenters. The molecule has 1 aliphatic heterocycles. The Hall–Kier alpha value is -3.78. The molecule has 1 aliphatic rings. The fraction of sp³-hybridized carbons (Fsp3) is 0.182. The van der Waals surface area contributed by atoms with Crippen LogP contribution in [0, 0.1) is 10.1 Å². The van der Waals surface area contributed by atoms with Gasteiger partial charge >= 0.3 is 0 Å². The van der Waals surface area contributed by atoms with Crippen LogP contribution in [-0.2, 0) is 4.74 Å². The van der Waals surface area contributed by atoms with Crippen molar-refractivity contribution < 1.29 is 14.5 Å². The number of nitrogens with one attached hydrogen (secondary N) is 1. The number of nitrogens with zero attached hydrogens (tertiary/aromatic N) is 3. The standard InChI is InChI=1S/C22H20N4O4/c27-22(19-7-6-17-3-1-2-4-18(17)14-19)24-23-15-16-5-8-20(21(13-16)26(28)29)25-9-11-30-12-10-25/h1-8,13-15H,9-12H2,(H,24,27)/b23-15-. The molecule has 1 amide bonds. The lowest BCUT2D eigenvalue weighted by atomic mass is 10.1. The summed E-state index contributed by atoms with van der Waals surface area (Å²) in [4.78, 5) is 25.4. The average molecular weight is 404 g/mol. The van der Waals surface area contributed by atoms with Gasteiger partial charge in [0.1, 0.15) is 5.69 Å². The number of amides is 1. The second-order valence-electron chi connectivity index (χ2n) is 6.87. The summed E-state index contributed by atoms with van der Waals surface area (Å²) in [5, 5.41) is 17.5. The molecule has 0 atom stereocenters. The number of rotatable bonds is 5. The minimum atomic E-state index is -0.407. The number of ether oxygens (including phenoxy) is 1. The molecule has 0 saturated carbocycles. The van der Waals surface area contributed by atoms with E-state index < -0.39 is 4.92 Å². The average Bonchev–Trinajstić information content (AvgIpc) is 2.79. The topological polar surface area (TPSA) is 97.1 Å². The van der Waals surface area contributed by atoms with Crippen molar-refractivity contribution in [1.82, 2.24) is 5.43 Å². The maximum Gasteiger partial charge on any atom is 0.293 e. The van der Waals surface area contributed by atoms with Crippen LogP contribution in [0.2, 0.25) is 0 Å². The Morgan fingerprint density at radius 3 is 2.60 bits per heavy atom. The number of fused-ring (bicyclic) bond motifs is 1. The molecule has 1 saturated heterocycles. The predicted molar refractivity (Wildman–Crippen MR) is 115 cm³/mol. The van der Waals surface area contributed by atoms with Gasteiger partial charge in [0.25, 0.3) is 11.6 Å². The van der Waals surface area contributed by atoms with Gasteiger partial charge in [-0.15, -0.1) is 0 Å². The summed E-state index contributed by atoms with van der Waals surface area (Å²) in [6.07, 6.45) is 1.40. The summed E-state index contributed by atoms with van der Waals surface area (Å²) in [6, 6.07) is 18.1. The molecule has 3 aromatic rings. The van der Waals surface area contributed by atoms with Crippen LogP contribution in [0.1, 0.15) is 15.9 Å². The van der Waals surface area contributed by atoms with Gasteiger partial charge in [0.15, 0.2) is 0 Å². The molecule has 0 bridgehead atoms. The zero-order valence-corrected chi connectivity index (χ0v) is 16.2. The number of benzene rings is 3. The van der Waals surface area contributed by atoms with Crippen LogP contribution in [0.5, 0.6) is 0 Å². The van der Waals surface area contributed by atoms with Gasteiger partial charge in [0.2, 0.25) is 0 Å². The van der Waals surface area contributed by atoms with E-state index in [4.69, 9.17) is 4.74 Å².